The summed E-state index contributed by atoms with van der Waals surface area (Å²) >= 11 is 0. The van der Waals surface area contributed by atoms with Gasteiger partial charge in [-0.05, 0) is 44.9 Å². The van der Waals surface area contributed by atoms with Gasteiger partial charge in [-0.15, -0.1) is 0 Å². The number of ether oxygens (including phenoxy) is 2. The van der Waals surface area contributed by atoms with Gasteiger partial charge in [0.2, 0.25) is 0 Å². The summed E-state index contributed by atoms with van der Waals surface area (Å²) in [6.07, 6.45) is -0.327. The molecule has 0 heterocycles. The van der Waals surface area contributed by atoms with E-state index in [4.69, 9.17) is 9.47 Å². The Morgan fingerprint density at radius 1 is 1.32 bits per heavy atom. The van der Waals surface area contributed by atoms with Crippen molar-refractivity contribution in [2.45, 2.75) is 32.8 Å². The molecule has 0 aliphatic rings. The van der Waals surface area contributed by atoms with E-state index in [1.165, 1.54) is 0 Å². The second-order valence-electron chi connectivity index (χ2n) is 5.97. The molecular weight excluding hydrogens is 286 g/mol. The van der Waals surface area contributed by atoms with E-state index in [2.05, 4.69) is 5.32 Å². The summed E-state index contributed by atoms with van der Waals surface area (Å²) in [5, 5.41) is 11.8. The van der Waals surface area contributed by atoms with Crippen LogP contribution in [0.25, 0.3) is 0 Å². The molecule has 122 valence electrons. The predicted octanol–water partition coefficient (Wildman–Crippen LogP) is 2.46. The highest BCUT2D eigenvalue weighted by Crippen LogP contribution is 2.16. The first-order valence-electron chi connectivity index (χ1n) is 7.04. The molecule has 0 saturated heterocycles. The van der Waals surface area contributed by atoms with Crippen molar-refractivity contribution in [3.63, 3.8) is 0 Å². The van der Waals surface area contributed by atoms with E-state index in [0.29, 0.717) is 12.2 Å². The Labute approximate surface area is 130 Å². The number of nitrogens with one attached hydrogen (secondary N) is 1. The van der Waals surface area contributed by atoms with Crippen molar-refractivity contribution < 1.29 is 24.2 Å². The van der Waals surface area contributed by atoms with Gasteiger partial charge in [0, 0.05) is 6.54 Å². The number of benzene rings is 1. The maximum absolute atomic E-state index is 11.6. The topological polar surface area (TPSA) is 84.9 Å². The minimum Gasteiger partial charge on any atom is -0.497 e. The van der Waals surface area contributed by atoms with Crippen LogP contribution in [0.1, 0.15) is 26.3 Å². The van der Waals surface area contributed by atoms with Crippen molar-refractivity contribution in [2.75, 3.05) is 13.7 Å². The number of rotatable bonds is 6. The number of hydrogen-bond acceptors (Lipinski definition) is 4. The highest BCUT2D eigenvalue weighted by molar-refractivity contribution is 5.73. The lowest BCUT2D eigenvalue weighted by Gasteiger charge is -2.21. The predicted molar refractivity (Wildman–Crippen MR) is 82.1 cm³/mol. The van der Waals surface area contributed by atoms with Gasteiger partial charge in [-0.3, -0.25) is 4.79 Å². The largest absolute Gasteiger partial charge is 0.497 e. The van der Waals surface area contributed by atoms with E-state index in [1.807, 2.05) is 6.07 Å². The molecule has 1 aromatic rings. The smallest absolute Gasteiger partial charge is 0.407 e. The van der Waals surface area contributed by atoms with Crippen molar-refractivity contribution in [2.24, 2.45) is 5.92 Å². The molecule has 1 atom stereocenters. The number of carbonyl (C=O) groups is 2. The van der Waals surface area contributed by atoms with Crippen molar-refractivity contribution in [1.82, 2.24) is 5.32 Å². The zero-order valence-corrected chi connectivity index (χ0v) is 13.4. The maximum Gasteiger partial charge on any atom is 0.407 e. The molecule has 1 aromatic carbocycles. The number of carboxylic acids is 1. The van der Waals surface area contributed by atoms with Crippen LogP contribution in [-0.2, 0) is 16.0 Å². The molecule has 0 spiro atoms. The van der Waals surface area contributed by atoms with Gasteiger partial charge in [0.1, 0.15) is 11.4 Å². The molecule has 1 rings (SSSR count). The molecule has 2 N–H and O–H groups in total. The number of carboxylic acid groups (broad SMARTS) is 1. The standard InChI is InChI=1S/C16H23NO5/c1-16(2,3)22-15(20)17-10-12(14(18)19)8-11-6-5-7-13(9-11)21-4/h5-7,9,12H,8,10H2,1-4H3,(H,17,20)(H,18,19)/t12-/m1/s1. The molecule has 0 aromatic heterocycles. The average molecular weight is 309 g/mol. The Morgan fingerprint density at radius 3 is 2.55 bits per heavy atom. The zero-order valence-electron chi connectivity index (χ0n) is 13.4. The molecule has 22 heavy (non-hydrogen) atoms. The van der Waals surface area contributed by atoms with Crippen LogP contribution in [0.2, 0.25) is 0 Å². The normalized spacial score (nSPS) is 12.4. The third-order valence-corrected chi connectivity index (χ3v) is 2.86. The van der Waals surface area contributed by atoms with Gasteiger partial charge in [0.25, 0.3) is 0 Å². The molecule has 0 unspecified atom stereocenters. The van der Waals surface area contributed by atoms with Crippen molar-refractivity contribution >= 4 is 12.1 Å². The molecule has 1 amide bonds. The molecule has 0 radical (unpaired) electrons. The Kier molecular flexibility index (Phi) is 6.22. The summed E-state index contributed by atoms with van der Waals surface area (Å²) in [5.74, 6) is -1.04. The van der Waals surface area contributed by atoms with Crippen molar-refractivity contribution in [3.8, 4) is 5.75 Å². The van der Waals surface area contributed by atoms with E-state index < -0.39 is 23.6 Å². The van der Waals surface area contributed by atoms with Gasteiger partial charge in [-0.2, -0.15) is 0 Å². The number of alkyl carbamates (subject to hydrolysis) is 1. The third-order valence-electron chi connectivity index (χ3n) is 2.86. The van der Waals surface area contributed by atoms with Gasteiger partial charge < -0.3 is 19.9 Å². The molecule has 6 nitrogen and oxygen atoms in total. The Morgan fingerprint density at radius 2 is 2.00 bits per heavy atom. The molecular formula is C16H23NO5. The van der Waals surface area contributed by atoms with Gasteiger partial charge in [0.05, 0.1) is 13.0 Å². The van der Waals surface area contributed by atoms with Gasteiger partial charge in [-0.25, -0.2) is 4.79 Å². The Bertz CT molecular complexity index is 522. The minimum absolute atomic E-state index is 0.00144. The molecule has 0 saturated carbocycles. The zero-order chi connectivity index (χ0) is 16.8. The van der Waals surface area contributed by atoms with Gasteiger partial charge in [-0.1, -0.05) is 12.1 Å². The van der Waals surface area contributed by atoms with E-state index in [0.717, 1.165) is 5.56 Å². The number of aliphatic carboxylic acids is 1. The maximum atomic E-state index is 11.6. The summed E-state index contributed by atoms with van der Waals surface area (Å²) in [4.78, 5) is 22.9. The molecule has 6 heteroatoms. The summed E-state index contributed by atoms with van der Waals surface area (Å²) in [5.41, 5.74) is 0.216. The first kappa shape index (κ1) is 17.8. The summed E-state index contributed by atoms with van der Waals surface area (Å²) in [6.45, 7) is 5.24. The van der Waals surface area contributed by atoms with Crippen LogP contribution in [0, 0.1) is 5.92 Å². The summed E-state index contributed by atoms with van der Waals surface area (Å²) in [6, 6.07) is 7.20. The summed E-state index contributed by atoms with van der Waals surface area (Å²) < 4.78 is 10.2. The van der Waals surface area contributed by atoms with Crippen LogP contribution in [0.4, 0.5) is 4.79 Å². The lowest BCUT2D eigenvalue weighted by Crippen LogP contribution is -2.37. The number of methoxy groups -OCH3 is 1. The molecule has 0 fully saturated rings. The van der Waals surface area contributed by atoms with E-state index >= 15 is 0 Å². The highest BCUT2D eigenvalue weighted by atomic mass is 16.6. The van der Waals surface area contributed by atoms with E-state index in [1.54, 1.807) is 46.1 Å². The van der Waals surface area contributed by atoms with Crippen LogP contribution >= 0.6 is 0 Å². The first-order chi connectivity index (χ1) is 10.2. The van der Waals surface area contributed by atoms with Crippen molar-refractivity contribution in [3.05, 3.63) is 29.8 Å². The SMILES string of the molecule is COc1cccc(C[C@H](CNC(=O)OC(C)(C)C)C(=O)O)c1. The fraction of sp³-hybridized carbons (Fsp3) is 0.500. The second-order valence-corrected chi connectivity index (χ2v) is 5.97. The molecule has 0 bridgehead atoms. The van der Waals surface area contributed by atoms with Crippen LogP contribution in [-0.4, -0.2) is 36.4 Å². The van der Waals surface area contributed by atoms with Crippen LogP contribution < -0.4 is 10.1 Å². The fourth-order valence-electron chi connectivity index (χ4n) is 1.85. The Balaban J connectivity index is 2.62. The summed E-state index contributed by atoms with van der Waals surface area (Å²) in [7, 11) is 1.55. The number of amides is 1. The number of hydrogen-bond donors (Lipinski definition) is 2. The van der Waals surface area contributed by atoms with Crippen LogP contribution in [0.15, 0.2) is 24.3 Å². The second kappa shape index (κ2) is 7.68. The van der Waals surface area contributed by atoms with Gasteiger partial charge in [0.15, 0.2) is 0 Å². The quantitative estimate of drug-likeness (QED) is 0.843. The van der Waals surface area contributed by atoms with E-state index in [9.17, 15) is 14.7 Å². The minimum atomic E-state index is -0.973. The van der Waals surface area contributed by atoms with Crippen molar-refractivity contribution in [1.29, 1.82) is 0 Å². The Hall–Kier alpha value is -2.24. The van der Waals surface area contributed by atoms with Crippen LogP contribution in [0.5, 0.6) is 5.75 Å². The fourth-order valence-corrected chi connectivity index (χ4v) is 1.85. The first-order valence-corrected chi connectivity index (χ1v) is 7.04. The monoisotopic (exact) mass is 309 g/mol. The average Bonchev–Trinajstić information content (AvgIpc) is 2.41. The lowest BCUT2D eigenvalue weighted by atomic mass is 9.99. The molecule has 0 aliphatic carbocycles. The lowest BCUT2D eigenvalue weighted by molar-refractivity contribution is -0.141. The van der Waals surface area contributed by atoms with Crippen LogP contribution in [0.3, 0.4) is 0 Å². The molecule has 0 aliphatic heterocycles. The number of carbonyl (C=O) groups excluding carboxylic acids is 1. The highest BCUT2D eigenvalue weighted by Gasteiger charge is 2.21. The van der Waals surface area contributed by atoms with E-state index in [-0.39, 0.29) is 6.54 Å². The third kappa shape index (κ3) is 6.47. The van der Waals surface area contributed by atoms with Gasteiger partial charge >= 0.3 is 12.1 Å².